The third-order valence-corrected chi connectivity index (χ3v) is 2.75. The van der Waals surface area contributed by atoms with Crippen molar-refractivity contribution in [2.75, 3.05) is 6.54 Å². The van der Waals surface area contributed by atoms with Crippen molar-refractivity contribution in [2.45, 2.75) is 19.4 Å². The zero-order chi connectivity index (χ0) is 13.0. The highest BCUT2D eigenvalue weighted by Crippen LogP contribution is 2.15. The quantitative estimate of drug-likeness (QED) is 0.866. The van der Waals surface area contributed by atoms with Crippen LogP contribution in [0.15, 0.2) is 24.7 Å². The van der Waals surface area contributed by atoms with E-state index < -0.39 is 0 Å². The van der Waals surface area contributed by atoms with Gasteiger partial charge >= 0.3 is 0 Å². The molecule has 1 N–H and O–H groups in total. The van der Waals surface area contributed by atoms with Crippen molar-refractivity contribution in [3.05, 3.63) is 42.0 Å². The maximum absolute atomic E-state index is 12.9. The molecule has 2 aromatic rings. The molecule has 2 heterocycles. The summed E-state index contributed by atoms with van der Waals surface area (Å²) in [5, 5.41) is 7.35. The zero-order valence-corrected chi connectivity index (χ0v) is 10.5. The Morgan fingerprint density at radius 2 is 2.22 bits per heavy atom. The van der Waals surface area contributed by atoms with Gasteiger partial charge in [-0.3, -0.25) is 9.67 Å². The van der Waals surface area contributed by atoms with Crippen molar-refractivity contribution >= 4 is 0 Å². The van der Waals surface area contributed by atoms with Gasteiger partial charge in [-0.15, -0.1) is 0 Å². The van der Waals surface area contributed by atoms with E-state index >= 15 is 0 Å². The average molecular weight is 249 g/mol. The summed E-state index contributed by atoms with van der Waals surface area (Å²) in [5.74, 6) is 0.541. The van der Waals surface area contributed by atoms with E-state index in [1.807, 2.05) is 14.0 Å². The molecule has 0 aliphatic carbocycles. The van der Waals surface area contributed by atoms with Gasteiger partial charge in [-0.2, -0.15) is 5.10 Å². The van der Waals surface area contributed by atoms with Crippen LogP contribution in [0.25, 0.3) is 0 Å². The Labute approximate surface area is 105 Å². The summed E-state index contributed by atoms with van der Waals surface area (Å²) in [7, 11) is 1.85. The summed E-state index contributed by atoms with van der Waals surface area (Å²) in [6, 6.07) is 3.13. The predicted octanol–water partition coefficient (Wildman–Crippen LogP) is 1.24. The zero-order valence-electron chi connectivity index (χ0n) is 10.5. The Balaban J connectivity index is 2.18. The molecule has 96 valence electrons. The molecule has 2 rings (SSSR count). The second-order valence-corrected chi connectivity index (χ2v) is 4.02. The van der Waals surface area contributed by atoms with Crippen LogP contribution < -0.4 is 5.32 Å². The van der Waals surface area contributed by atoms with Crippen molar-refractivity contribution in [1.82, 2.24) is 25.1 Å². The molecule has 0 aliphatic rings. The van der Waals surface area contributed by atoms with Crippen LogP contribution in [0.1, 0.15) is 24.5 Å². The second-order valence-electron chi connectivity index (χ2n) is 4.02. The van der Waals surface area contributed by atoms with E-state index in [2.05, 4.69) is 20.4 Å². The molecule has 2 aromatic heterocycles. The lowest BCUT2D eigenvalue weighted by molar-refractivity contribution is 0.508. The lowest BCUT2D eigenvalue weighted by Gasteiger charge is -2.16. The first-order valence-electron chi connectivity index (χ1n) is 5.88. The minimum atomic E-state index is -0.326. The van der Waals surface area contributed by atoms with Gasteiger partial charge in [0.05, 0.1) is 17.9 Å². The molecular weight excluding hydrogens is 233 g/mol. The summed E-state index contributed by atoms with van der Waals surface area (Å²) < 4.78 is 14.6. The second kappa shape index (κ2) is 5.68. The van der Waals surface area contributed by atoms with Crippen LogP contribution in [0.5, 0.6) is 0 Å². The van der Waals surface area contributed by atoms with E-state index in [9.17, 15) is 4.39 Å². The molecule has 1 unspecified atom stereocenters. The SMILES string of the molecule is CCNC(Cc1ncnn1C)c1ccc(F)cn1. The number of hydrogen-bond acceptors (Lipinski definition) is 4. The van der Waals surface area contributed by atoms with Gasteiger partial charge in [-0.05, 0) is 18.7 Å². The molecule has 5 nitrogen and oxygen atoms in total. The minimum Gasteiger partial charge on any atom is -0.309 e. The van der Waals surface area contributed by atoms with Crippen molar-refractivity contribution in [3.63, 3.8) is 0 Å². The van der Waals surface area contributed by atoms with Gasteiger partial charge < -0.3 is 5.32 Å². The number of aryl methyl sites for hydroxylation is 1. The average Bonchev–Trinajstić information content (AvgIpc) is 2.76. The van der Waals surface area contributed by atoms with E-state index in [0.717, 1.165) is 18.1 Å². The molecule has 0 saturated heterocycles. The first-order chi connectivity index (χ1) is 8.70. The van der Waals surface area contributed by atoms with Crippen LogP contribution in [0.3, 0.4) is 0 Å². The maximum Gasteiger partial charge on any atom is 0.141 e. The van der Waals surface area contributed by atoms with E-state index in [1.54, 1.807) is 10.7 Å². The standard InChI is InChI=1S/C12H16FN5/c1-3-14-11(6-12-16-8-17-18(12)2)10-5-4-9(13)7-15-10/h4-5,7-8,11,14H,3,6H2,1-2H3. The van der Waals surface area contributed by atoms with Crippen molar-refractivity contribution in [3.8, 4) is 0 Å². The first kappa shape index (κ1) is 12.6. The van der Waals surface area contributed by atoms with Crippen LogP contribution in [0.2, 0.25) is 0 Å². The van der Waals surface area contributed by atoms with Gasteiger partial charge in [-0.1, -0.05) is 6.92 Å². The summed E-state index contributed by atoms with van der Waals surface area (Å²) in [4.78, 5) is 8.30. The number of rotatable bonds is 5. The molecule has 0 aromatic carbocycles. The molecular formula is C12H16FN5. The molecule has 0 spiro atoms. The van der Waals surface area contributed by atoms with Crippen molar-refractivity contribution < 1.29 is 4.39 Å². The van der Waals surface area contributed by atoms with E-state index in [1.165, 1.54) is 18.6 Å². The summed E-state index contributed by atoms with van der Waals surface area (Å²) >= 11 is 0. The van der Waals surface area contributed by atoms with Crippen LogP contribution >= 0.6 is 0 Å². The fraction of sp³-hybridized carbons (Fsp3) is 0.417. The maximum atomic E-state index is 12.9. The monoisotopic (exact) mass is 249 g/mol. The Bertz CT molecular complexity index is 493. The fourth-order valence-corrected chi connectivity index (χ4v) is 1.81. The largest absolute Gasteiger partial charge is 0.309 e. The number of likely N-dealkylation sites (N-methyl/N-ethyl adjacent to an activating group) is 1. The highest BCUT2D eigenvalue weighted by molar-refractivity contribution is 5.11. The van der Waals surface area contributed by atoms with Crippen LogP contribution in [0, 0.1) is 5.82 Å². The molecule has 0 saturated carbocycles. The summed E-state index contributed by atoms with van der Waals surface area (Å²) in [6.45, 7) is 2.83. The molecule has 0 amide bonds. The van der Waals surface area contributed by atoms with Crippen molar-refractivity contribution in [1.29, 1.82) is 0 Å². The number of nitrogens with zero attached hydrogens (tertiary/aromatic N) is 4. The van der Waals surface area contributed by atoms with Gasteiger partial charge in [0.1, 0.15) is 18.0 Å². The predicted molar refractivity (Wildman–Crippen MR) is 65.3 cm³/mol. The van der Waals surface area contributed by atoms with Crippen LogP contribution in [0.4, 0.5) is 4.39 Å². The van der Waals surface area contributed by atoms with E-state index in [-0.39, 0.29) is 11.9 Å². The Kier molecular flexibility index (Phi) is 3.99. The van der Waals surface area contributed by atoms with Gasteiger partial charge in [0.2, 0.25) is 0 Å². The number of nitrogens with one attached hydrogen (secondary N) is 1. The molecule has 18 heavy (non-hydrogen) atoms. The topological polar surface area (TPSA) is 55.6 Å². The highest BCUT2D eigenvalue weighted by atomic mass is 19.1. The lowest BCUT2D eigenvalue weighted by atomic mass is 10.1. The number of pyridine rings is 1. The number of aromatic nitrogens is 4. The van der Waals surface area contributed by atoms with E-state index in [4.69, 9.17) is 0 Å². The number of hydrogen-bond donors (Lipinski definition) is 1. The molecule has 0 radical (unpaired) electrons. The summed E-state index contributed by atoms with van der Waals surface area (Å²) in [5.41, 5.74) is 0.807. The molecule has 1 atom stereocenters. The molecule has 0 bridgehead atoms. The molecule has 0 aliphatic heterocycles. The third-order valence-electron chi connectivity index (χ3n) is 2.75. The van der Waals surface area contributed by atoms with E-state index in [0.29, 0.717) is 6.42 Å². The Morgan fingerprint density at radius 3 is 2.78 bits per heavy atom. The normalized spacial score (nSPS) is 12.6. The van der Waals surface area contributed by atoms with Gasteiger partial charge in [0, 0.05) is 13.5 Å². The van der Waals surface area contributed by atoms with Gasteiger partial charge in [0.15, 0.2) is 0 Å². The van der Waals surface area contributed by atoms with Crippen LogP contribution in [-0.4, -0.2) is 26.3 Å². The highest BCUT2D eigenvalue weighted by Gasteiger charge is 2.15. The van der Waals surface area contributed by atoms with Gasteiger partial charge in [-0.25, -0.2) is 9.37 Å². The fourth-order valence-electron chi connectivity index (χ4n) is 1.81. The molecule has 0 fully saturated rings. The smallest absolute Gasteiger partial charge is 0.141 e. The van der Waals surface area contributed by atoms with Crippen molar-refractivity contribution in [2.24, 2.45) is 7.05 Å². The van der Waals surface area contributed by atoms with Gasteiger partial charge in [0.25, 0.3) is 0 Å². The third kappa shape index (κ3) is 2.89. The first-order valence-corrected chi connectivity index (χ1v) is 5.88. The number of halogens is 1. The van der Waals surface area contributed by atoms with Crippen LogP contribution in [-0.2, 0) is 13.5 Å². The Hall–Kier alpha value is -1.82. The summed E-state index contributed by atoms with van der Waals surface area (Å²) in [6.07, 6.45) is 3.43. The molecule has 6 heteroatoms. The lowest BCUT2D eigenvalue weighted by Crippen LogP contribution is -2.25. The Morgan fingerprint density at radius 1 is 1.39 bits per heavy atom. The minimum absolute atomic E-state index is 0.0125.